The van der Waals surface area contributed by atoms with Gasteiger partial charge in [0.25, 0.3) is 0 Å². The van der Waals surface area contributed by atoms with Gasteiger partial charge in [0.2, 0.25) is 5.28 Å². The summed E-state index contributed by atoms with van der Waals surface area (Å²) in [6.07, 6.45) is 3.70. The third kappa shape index (κ3) is 3.64. The lowest BCUT2D eigenvalue weighted by Crippen LogP contribution is -2.24. The molecule has 2 aromatic heterocycles. The van der Waals surface area contributed by atoms with Gasteiger partial charge in [-0.25, -0.2) is 4.98 Å². The molecule has 3 rings (SSSR count). The topological polar surface area (TPSA) is 29.0 Å². The molecule has 0 spiro atoms. The Kier molecular flexibility index (Phi) is 5.57. The second kappa shape index (κ2) is 7.68. The van der Waals surface area contributed by atoms with Gasteiger partial charge in [0.05, 0.1) is 5.39 Å². The summed E-state index contributed by atoms with van der Waals surface area (Å²) >= 11 is 11.3. The largest absolute Gasteiger partial charge is 0.348 e. The lowest BCUT2D eigenvalue weighted by atomic mass is 10.0. The van der Waals surface area contributed by atoms with Crippen LogP contribution in [-0.2, 0) is 0 Å². The highest BCUT2D eigenvalue weighted by atomic mass is 79.9. The molecule has 0 fully saturated rings. The molecule has 0 saturated carbocycles. The minimum absolute atomic E-state index is 0.254. The summed E-state index contributed by atoms with van der Waals surface area (Å²) in [4.78, 5) is 13.2. The Labute approximate surface area is 164 Å². The summed E-state index contributed by atoms with van der Waals surface area (Å²) in [5.74, 6) is 0.817. The van der Waals surface area contributed by atoms with Gasteiger partial charge < -0.3 is 4.90 Å². The Morgan fingerprint density at radius 2 is 1.80 bits per heavy atom. The molecule has 0 N–H and O–H groups in total. The molecule has 25 heavy (non-hydrogen) atoms. The van der Waals surface area contributed by atoms with E-state index in [9.17, 15) is 0 Å². The number of anilines is 1. The quantitative estimate of drug-likeness (QED) is 0.338. The lowest BCUT2D eigenvalue weighted by Gasteiger charge is -2.22. The van der Waals surface area contributed by atoms with Gasteiger partial charge in [-0.05, 0) is 36.2 Å². The Hall–Kier alpha value is -1.69. The zero-order chi connectivity index (χ0) is 18.0. The molecule has 3 nitrogen and oxygen atoms in total. The third-order valence-electron chi connectivity index (χ3n) is 3.81. The lowest BCUT2D eigenvalue weighted by molar-refractivity contribution is 0.929. The van der Waals surface area contributed by atoms with E-state index in [4.69, 9.17) is 11.6 Å². The second-order valence-electron chi connectivity index (χ2n) is 5.52. The molecule has 0 radical (unpaired) electrons. The van der Waals surface area contributed by atoms with Gasteiger partial charge in [0, 0.05) is 28.0 Å². The number of halogens is 2. The first-order valence-electron chi connectivity index (χ1n) is 7.74. The van der Waals surface area contributed by atoms with E-state index in [-0.39, 0.29) is 5.28 Å². The maximum atomic E-state index is 6.20. The van der Waals surface area contributed by atoms with Crippen LogP contribution in [0.1, 0.15) is 4.88 Å². The molecule has 0 unspecified atom stereocenters. The number of nitrogens with zero attached hydrogens (tertiary/aromatic N) is 3. The van der Waals surface area contributed by atoms with E-state index in [1.165, 1.54) is 4.88 Å². The van der Waals surface area contributed by atoms with E-state index in [2.05, 4.69) is 63.0 Å². The van der Waals surface area contributed by atoms with Crippen molar-refractivity contribution < 1.29 is 0 Å². The van der Waals surface area contributed by atoms with Crippen molar-refractivity contribution in [2.45, 2.75) is 6.92 Å². The maximum absolute atomic E-state index is 6.20. The van der Waals surface area contributed by atoms with Gasteiger partial charge in [0.1, 0.15) is 10.6 Å². The predicted molar refractivity (Wildman–Crippen MR) is 113 cm³/mol. The fraction of sp³-hybridized carbons (Fsp3) is 0.158. The first kappa shape index (κ1) is 18.1. The molecule has 0 saturated heterocycles. The van der Waals surface area contributed by atoms with E-state index < -0.39 is 0 Å². The van der Waals surface area contributed by atoms with E-state index in [1.54, 1.807) is 11.3 Å². The standard InChI is InChI=1S/C19H17BrClN3S/c1-4-10-24(11-5-2)17-16-15(13-6-8-14(20)9-7-13)12(3)25-18(16)23-19(21)22-17/h4-9H,1-2,10-11H2,3H3. The van der Waals surface area contributed by atoms with Gasteiger partial charge in [0.15, 0.2) is 0 Å². The fourth-order valence-corrected chi connectivity index (χ4v) is 4.34. The van der Waals surface area contributed by atoms with Crippen LogP contribution in [0.3, 0.4) is 0 Å². The molecule has 0 aliphatic heterocycles. The molecule has 0 amide bonds. The molecule has 1 aromatic carbocycles. The molecule has 128 valence electrons. The second-order valence-corrected chi connectivity index (χ2v) is 7.98. The van der Waals surface area contributed by atoms with E-state index >= 15 is 0 Å². The van der Waals surface area contributed by atoms with Crippen LogP contribution in [-0.4, -0.2) is 23.1 Å². The van der Waals surface area contributed by atoms with Crippen molar-refractivity contribution in [3.63, 3.8) is 0 Å². The monoisotopic (exact) mass is 433 g/mol. The third-order valence-corrected chi connectivity index (χ3v) is 5.51. The minimum Gasteiger partial charge on any atom is -0.348 e. The van der Waals surface area contributed by atoms with Crippen molar-refractivity contribution in [2.75, 3.05) is 18.0 Å². The van der Waals surface area contributed by atoms with Crippen molar-refractivity contribution in [2.24, 2.45) is 0 Å². The average Bonchev–Trinajstić information content (AvgIpc) is 2.90. The van der Waals surface area contributed by atoms with Gasteiger partial charge in [-0.3, -0.25) is 0 Å². The van der Waals surface area contributed by atoms with Crippen molar-refractivity contribution >= 4 is 54.9 Å². The highest BCUT2D eigenvalue weighted by molar-refractivity contribution is 9.10. The number of fused-ring (bicyclic) bond motifs is 1. The smallest absolute Gasteiger partial charge is 0.225 e. The van der Waals surface area contributed by atoms with E-state index in [0.717, 1.165) is 31.6 Å². The summed E-state index contributed by atoms with van der Waals surface area (Å²) in [6.45, 7) is 11.1. The minimum atomic E-state index is 0.254. The van der Waals surface area contributed by atoms with Crippen molar-refractivity contribution in [3.8, 4) is 11.1 Å². The predicted octanol–water partition coefficient (Wildman–Crippen LogP) is 6.26. The fourth-order valence-electron chi connectivity index (χ4n) is 2.82. The van der Waals surface area contributed by atoms with Crippen molar-refractivity contribution in [3.05, 3.63) is 64.2 Å². The van der Waals surface area contributed by atoms with Crippen LogP contribution in [0.25, 0.3) is 21.3 Å². The van der Waals surface area contributed by atoms with Gasteiger partial charge in [-0.2, -0.15) is 4.98 Å². The molecular formula is C19H17BrClN3S. The average molecular weight is 435 g/mol. The van der Waals surface area contributed by atoms with Gasteiger partial charge >= 0.3 is 0 Å². The highest BCUT2D eigenvalue weighted by Gasteiger charge is 2.21. The normalized spacial score (nSPS) is 10.8. The number of hydrogen-bond acceptors (Lipinski definition) is 4. The van der Waals surface area contributed by atoms with Crippen LogP contribution >= 0.6 is 38.9 Å². The van der Waals surface area contributed by atoms with E-state index in [0.29, 0.717) is 13.1 Å². The molecule has 0 aliphatic rings. The maximum Gasteiger partial charge on any atom is 0.225 e. The number of thiophene rings is 1. The number of benzene rings is 1. The Bertz CT molecular complexity index is 924. The molecule has 0 aliphatic carbocycles. The number of aromatic nitrogens is 2. The van der Waals surface area contributed by atoms with Crippen LogP contribution < -0.4 is 4.90 Å². The van der Waals surface area contributed by atoms with Crippen LogP contribution in [0.2, 0.25) is 5.28 Å². The van der Waals surface area contributed by atoms with Crippen molar-refractivity contribution in [1.82, 2.24) is 9.97 Å². The Morgan fingerprint density at radius 3 is 2.40 bits per heavy atom. The van der Waals surface area contributed by atoms with Crippen LogP contribution in [0.15, 0.2) is 54.0 Å². The number of rotatable bonds is 6. The van der Waals surface area contributed by atoms with Crippen molar-refractivity contribution in [1.29, 1.82) is 0 Å². The summed E-state index contributed by atoms with van der Waals surface area (Å²) in [6, 6.07) is 8.28. The zero-order valence-electron chi connectivity index (χ0n) is 13.8. The first-order valence-corrected chi connectivity index (χ1v) is 9.73. The molecule has 0 bridgehead atoms. The summed E-state index contributed by atoms with van der Waals surface area (Å²) < 4.78 is 1.05. The molecule has 3 aromatic rings. The van der Waals surface area contributed by atoms with Crippen LogP contribution in [0.4, 0.5) is 5.82 Å². The van der Waals surface area contributed by atoms with Gasteiger partial charge in [-0.1, -0.05) is 40.2 Å². The van der Waals surface area contributed by atoms with Crippen LogP contribution in [0.5, 0.6) is 0 Å². The summed E-state index contributed by atoms with van der Waals surface area (Å²) in [5, 5.41) is 1.28. The molecule has 6 heteroatoms. The highest BCUT2D eigenvalue weighted by Crippen LogP contribution is 2.42. The molecule has 2 heterocycles. The van der Waals surface area contributed by atoms with Crippen LogP contribution in [0, 0.1) is 6.92 Å². The summed E-state index contributed by atoms with van der Waals surface area (Å²) in [7, 11) is 0. The molecular weight excluding hydrogens is 418 g/mol. The Balaban J connectivity index is 2.30. The van der Waals surface area contributed by atoms with E-state index in [1.807, 2.05) is 24.3 Å². The molecule has 0 atom stereocenters. The number of hydrogen-bond donors (Lipinski definition) is 0. The number of aryl methyl sites for hydroxylation is 1. The first-order chi connectivity index (χ1) is 12.0. The summed E-state index contributed by atoms with van der Waals surface area (Å²) in [5.41, 5.74) is 2.29. The Morgan fingerprint density at radius 1 is 1.16 bits per heavy atom. The van der Waals surface area contributed by atoms with Gasteiger partial charge in [-0.15, -0.1) is 24.5 Å². The SMILES string of the molecule is C=CCN(CC=C)c1nc(Cl)nc2sc(C)c(-c3ccc(Br)cc3)c12. The zero-order valence-corrected chi connectivity index (χ0v) is 17.0.